The molecule has 22 heavy (non-hydrogen) atoms. The van der Waals surface area contributed by atoms with Crippen LogP contribution in [0.1, 0.15) is 13.9 Å². The number of rotatable bonds is 1. The SMILES string of the molecule is C1=Cc2ccccc2NN=C1.CC(=O)Nc1ccccc1.[H-].[K+]. The number of nitrogens with one attached hydrogen (secondary N) is 2. The molecule has 0 aliphatic carbocycles. The number of para-hydroxylation sites is 2. The Bertz CT molecular complexity index is 660. The molecule has 2 N–H and O–H groups in total. The number of hydrogen-bond donors (Lipinski definition) is 2. The molecule has 0 radical (unpaired) electrons. The van der Waals surface area contributed by atoms with Crippen LogP contribution in [-0.2, 0) is 4.79 Å². The summed E-state index contributed by atoms with van der Waals surface area (Å²) in [6.07, 6.45) is 5.68. The molecule has 0 saturated carbocycles. The van der Waals surface area contributed by atoms with Gasteiger partial charge in [0.05, 0.1) is 5.69 Å². The Morgan fingerprint density at radius 1 is 1.09 bits per heavy atom. The van der Waals surface area contributed by atoms with Crippen LogP contribution in [0.4, 0.5) is 11.4 Å². The van der Waals surface area contributed by atoms with Gasteiger partial charge < -0.3 is 6.74 Å². The third-order valence-corrected chi connectivity index (χ3v) is 2.68. The second kappa shape index (κ2) is 10.5. The third-order valence-electron chi connectivity index (χ3n) is 2.68. The predicted molar refractivity (Wildman–Crippen MR) is 89.4 cm³/mol. The summed E-state index contributed by atoms with van der Waals surface area (Å²) in [4.78, 5) is 10.5. The van der Waals surface area contributed by atoms with Crippen LogP contribution in [0.5, 0.6) is 0 Å². The Kier molecular flexibility index (Phi) is 8.96. The van der Waals surface area contributed by atoms with E-state index in [-0.39, 0.29) is 58.7 Å². The van der Waals surface area contributed by atoms with E-state index in [1.807, 2.05) is 66.7 Å². The van der Waals surface area contributed by atoms with Crippen LogP contribution in [-0.4, -0.2) is 12.1 Å². The van der Waals surface area contributed by atoms with E-state index in [9.17, 15) is 4.79 Å². The first-order valence-electron chi connectivity index (χ1n) is 6.63. The topological polar surface area (TPSA) is 53.5 Å². The number of carbonyl (C=O) groups excluding carboxylic acids is 1. The molecule has 1 aliphatic rings. The molecule has 0 atom stereocenters. The van der Waals surface area contributed by atoms with Crippen LogP contribution in [0.2, 0.25) is 0 Å². The van der Waals surface area contributed by atoms with Gasteiger partial charge in [0.1, 0.15) is 0 Å². The number of anilines is 2. The molecule has 3 rings (SSSR count). The van der Waals surface area contributed by atoms with E-state index in [1.54, 1.807) is 6.21 Å². The fourth-order valence-corrected chi connectivity index (χ4v) is 1.77. The van der Waals surface area contributed by atoms with Gasteiger partial charge >= 0.3 is 51.4 Å². The van der Waals surface area contributed by atoms with Gasteiger partial charge in [0, 0.05) is 18.8 Å². The van der Waals surface area contributed by atoms with Crippen LogP contribution < -0.4 is 62.1 Å². The Hall–Kier alpha value is -1.24. The van der Waals surface area contributed by atoms with Crippen LogP contribution in [0.15, 0.2) is 65.8 Å². The zero-order valence-electron chi connectivity index (χ0n) is 13.8. The van der Waals surface area contributed by atoms with Crippen molar-refractivity contribution in [2.75, 3.05) is 10.7 Å². The maximum absolute atomic E-state index is 10.5. The van der Waals surface area contributed by atoms with Gasteiger partial charge in [-0.15, -0.1) is 0 Å². The first kappa shape index (κ1) is 18.8. The molecule has 2 aromatic carbocycles. The molecule has 2 aromatic rings. The van der Waals surface area contributed by atoms with Crippen molar-refractivity contribution in [2.24, 2.45) is 5.10 Å². The van der Waals surface area contributed by atoms with Crippen molar-refractivity contribution in [3.8, 4) is 0 Å². The standard InChI is InChI=1S/C9H8N2.C8H9NO.K.H/c1-2-6-9-8(4-1)5-3-7-10-11-9;1-7(10)9-8-5-3-2-4-6-8;;/h1-7,11H;2-6H,1H3,(H,9,10);;/q;;+1;-1. The Labute approximate surface area is 174 Å². The monoisotopic (exact) mass is 319 g/mol. The number of hydrazone groups is 1. The zero-order valence-corrected chi connectivity index (χ0v) is 15.9. The molecule has 108 valence electrons. The van der Waals surface area contributed by atoms with Crippen molar-refractivity contribution in [3.05, 3.63) is 66.2 Å². The van der Waals surface area contributed by atoms with E-state index in [4.69, 9.17) is 0 Å². The summed E-state index contributed by atoms with van der Waals surface area (Å²) in [6, 6.07) is 17.4. The number of benzene rings is 2. The van der Waals surface area contributed by atoms with Gasteiger partial charge in [-0.05, 0) is 29.8 Å². The molecule has 0 bridgehead atoms. The second-order valence-electron chi connectivity index (χ2n) is 4.38. The number of allylic oxidation sites excluding steroid dienone is 1. The van der Waals surface area contributed by atoms with Gasteiger partial charge in [0.15, 0.2) is 0 Å². The summed E-state index contributed by atoms with van der Waals surface area (Å²) in [5.41, 5.74) is 6.00. The molecular formula is C17H18KN3O. The summed E-state index contributed by atoms with van der Waals surface area (Å²) in [5.74, 6) is -0.0359. The van der Waals surface area contributed by atoms with E-state index in [2.05, 4.69) is 15.8 Å². The molecule has 0 aromatic heterocycles. The summed E-state index contributed by atoms with van der Waals surface area (Å²) >= 11 is 0. The second-order valence-corrected chi connectivity index (χ2v) is 4.38. The van der Waals surface area contributed by atoms with Gasteiger partial charge in [-0.2, -0.15) is 5.10 Å². The van der Waals surface area contributed by atoms with Crippen molar-refractivity contribution >= 4 is 29.6 Å². The minimum atomic E-state index is -0.0359. The molecule has 0 fully saturated rings. The largest absolute Gasteiger partial charge is 1.00 e. The fourth-order valence-electron chi connectivity index (χ4n) is 1.77. The van der Waals surface area contributed by atoms with Gasteiger partial charge in [-0.25, -0.2) is 0 Å². The number of nitrogens with zero attached hydrogens (tertiary/aromatic N) is 1. The molecule has 1 heterocycles. The average Bonchev–Trinajstić information content (AvgIpc) is 2.73. The van der Waals surface area contributed by atoms with Crippen molar-refractivity contribution < 1.29 is 57.6 Å². The van der Waals surface area contributed by atoms with E-state index in [1.165, 1.54) is 12.5 Å². The summed E-state index contributed by atoms with van der Waals surface area (Å²) < 4.78 is 0. The normalized spacial score (nSPS) is 10.8. The Morgan fingerprint density at radius 3 is 2.50 bits per heavy atom. The average molecular weight is 319 g/mol. The van der Waals surface area contributed by atoms with Gasteiger partial charge in [-0.3, -0.25) is 10.2 Å². The van der Waals surface area contributed by atoms with Crippen molar-refractivity contribution in [3.63, 3.8) is 0 Å². The summed E-state index contributed by atoms with van der Waals surface area (Å²) in [7, 11) is 0. The number of fused-ring (bicyclic) bond motifs is 1. The Morgan fingerprint density at radius 2 is 1.77 bits per heavy atom. The van der Waals surface area contributed by atoms with E-state index >= 15 is 0 Å². The molecule has 5 heteroatoms. The maximum Gasteiger partial charge on any atom is 1.00 e. The first-order chi connectivity index (χ1) is 10.3. The third kappa shape index (κ3) is 6.68. The maximum atomic E-state index is 10.5. The number of carbonyl (C=O) groups is 1. The van der Waals surface area contributed by atoms with Crippen LogP contribution >= 0.6 is 0 Å². The summed E-state index contributed by atoms with van der Waals surface area (Å²) in [5, 5.41) is 6.62. The van der Waals surface area contributed by atoms with Crippen LogP contribution in [0, 0.1) is 0 Å². The van der Waals surface area contributed by atoms with E-state index in [0.29, 0.717) is 0 Å². The molecule has 4 nitrogen and oxygen atoms in total. The molecule has 0 unspecified atom stereocenters. The van der Waals surface area contributed by atoms with Gasteiger partial charge in [0.2, 0.25) is 5.91 Å². The van der Waals surface area contributed by atoms with Gasteiger partial charge in [-0.1, -0.05) is 42.5 Å². The molecule has 1 aliphatic heterocycles. The van der Waals surface area contributed by atoms with Gasteiger partial charge in [0.25, 0.3) is 0 Å². The van der Waals surface area contributed by atoms with Crippen LogP contribution in [0.25, 0.3) is 6.08 Å². The minimum Gasteiger partial charge on any atom is -1.00 e. The Balaban J connectivity index is 0.000000389. The quantitative estimate of drug-likeness (QED) is 0.767. The predicted octanol–water partition coefficient (Wildman–Crippen LogP) is 0.873. The smallest absolute Gasteiger partial charge is 1.00 e. The molecule has 0 spiro atoms. The van der Waals surface area contributed by atoms with Crippen LogP contribution in [0.3, 0.4) is 0 Å². The molecular weight excluding hydrogens is 301 g/mol. The first-order valence-corrected chi connectivity index (χ1v) is 6.63. The molecule has 0 saturated heterocycles. The number of amides is 1. The van der Waals surface area contributed by atoms with E-state index < -0.39 is 0 Å². The van der Waals surface area contributed by atoms with Crippen molar-refractivity contribution in [2.45, 2.75) is 6.92 Å². The minimum absolute atomic E-state index is 0. The molecule has 1 amide bonds. The summed E-state index contributed by atoms with van der Waals surface area (Å²) in [6.45, 7) is 1.49. The fraction of sp³-hybridized carbons (Fsp3) is 0.0588. The number of hydrogen-bond acceptors (Lipinski definition) is 3. The van der Waals surface area contributed by atoms with Crippen molar-refractivity contribution in [1.82, 2.24) is 0 Å². The van der Waals surface area contributed by atoms with E-state index in [0.717, 1.165) is 11.4 Å². The van der Waals surface area contributed by atoms with Crippen molar-refractivity contribution in [1.29, 1.82) is 0 Å². The zero-order chi connectivity index (χ0) is 14.9.